The van der Waals surface area contributed by atoms with Crippen molar-refractivity contribution >= 4 is 6.03 Å². The van der Waals surface area contributed by atoms with Crippen molar-refractivity contribution in [3.63, 3.8) is 0 Å². The van der Waals surface area contributed by atoms with Gasteiger partial charge in [-0.1, -0.05) is 32.9 Å². The van der Waals surface area contributed by atoms with Crippen LogP contribution in [0.2, 0.25) is 0 Å². The van der Waals surface area contributed by atoms with E-state index in [2.05, 4.69) is 57.5 Å². The molecule has 0 saturated carbocycles. The van der Waals surface area contributed by atoms with Crippen LogP contribution < -0.4 is 16.6 Å². The summed E-state index contributed by atoms with van der Waals surface area (Å²) < 4.78 is 0. The van der Waals surface area contributed by atoms with Crippen LogP contribution in [0.5, 0.6) is 0 Å². The van der Waals surface area contributed by atoms with E-state index in [0.717, 1.165) is 5.56 Å². The number of nitrogens with one attached hydrogen (secondary N) is 2. The summed E-state index contributed by atoms with van der Waals surface area (Å²) in [5.74, 6) is 5.03. The van der Waals surface area contributed by atoms with E-state index < -0.39 is 0 Å². The molecule has 4 nitrogen and oxygen atoms in total. The largest absolute Gasteiger partial charge is 0.333 e. The van der Waals surface area contributed by atoms with E-state index in [0.29, 0.717) is 6.54 Å². The molecule has 1 rings (SSSR count). The number of hydrogen-bond acceptors (Lipinski definition) is 2. The predicted molar refractivity (Wildman–Crippen MR) is 74.2 cm³/mol. The molecular formula is C14H23N3O. The van der Waals surface area contributed by atoms with Gasteiger partial charge in [-0.15, -0.1) is 0 Å². The molecule has 0 atom stereocenters. The second-order valence-electron chi connectivity index (χ2n) is 5.67. The lowest BCUT2D eigenvalue weighted by Crippen LogP contribution is -2.39. The molecule has 1 aromatic carbocycles. The summed E-state index contributed by atoms with van der Waals surface area (Å²) in [6.07, 6.45) is 0. The van der Waals surface area contributed by atoms with Gasteiger partial charge < -0.3 is 5.32 Å². The molecule has 100 valence electrons. The van der Waals surface area contributed by atoms with Crippen LogP contribution in [-0.4, -0.2) is 6.03 Å². The average molecular weight is 249 g/mol. The van der Waals surface area contributed by atoms with Crippen LogP contribution in [0.4, 0.5) is 4.79 Å². The Morgan fingerprint density at radius 1 is 1.22 bits per heavy atom. The van der Waals surface area contributed by atoms with E-state index in [9.17, 15) is 4.79 Å². The van der Waals surface area contributed by atoms with E-state index in [4.69, 9.17) is 5.84 Å². The van der Waals surface area contributed by atoms with Crippen LogP contribution >= 0.6 is 0 Å². The molecule has 0 radical (unpaired) electrons. The fourth-order valence-electron chi connectivity index (χ4n) is 1.92. The number of hydrazine groups is 1. The molecule has 0 unspecified atom stereocenters. The number of amides is 2. The lowest BCUT2D eigenvalue weighted by atomic mass is 9.84. The Balaban J connectivity index is 2.98. The molecule has 0 bridgehead atoms. The van der Waals surface area contributed by atoms with E-state index in [1.54, 1.807) is 0 Å². The number of hydrogen-bond donors (Lipinski definition) is 3. The fourth-order valence-corrected chi connectivity index (χ4v) is 1.92. The van der Waals surface area contributed by atoms with Crippen molar-refractivity contribution in [2.45, 2.75) is 46.6 Å². The summed E-state index contributed by atoms with van der Waals surface area (Å²) in [4.78, 5) is 11.1. The molecule has 18 heavy (non-hydrogen) atoms. The summed E-state index contributed by atoms with van der Waals surface area (Å²) in [6, 6.07) is 4.00. The van der Waals surface area contributed by atoms with Crippen molar-refractivity contribution in [3.05, 3.63) is 34.4 Å². The first kappa shape index (κ1) is 14.5. The molecule has 2 amide bonds. The fraction of sp³-hybridized carbons (Fsp3) is 0.500. The van der Waals surface area contributed by atoms with Crippen molar-refractivity contribution in [3.8, 4) is 0 Å². The van der Waals surface area contributed by atoms with Crippen LogP contribution in [0.15, 0.2) is 12.1 Å². The molecule has 0 aliphatic carbocycles. The second kappa shape index (κ2) is 5.40. The van der Waals surface area contributed by atoms with Gasteiger partial charge in [0.15, 0.2) is 0 Å². The molecule has 4 heteroatoms. The molecule has 0 aromatic heterocycles. The van der Waals surface area contributed by atoms with E-state index in [1.165, 1.54) is 16.7 Å². The number of carbonyl (C=O) groups excluding carboxylic acids is 1. The zero-order valence-corrected chi connectivity index (χ0v) is 11.8. The summed E-state index contributed by atoms with van der Waals surface area (Å²) in [5, 5.41) is 2.71. The Kier molecular flexibility index (Phi) is 4.35. The number of rotatable bonds is 2. The van der Waals surface area contributed by atoms with Crippen molar-refractivity contribution in [1.82, 2.24) is 10.7 Å². The Labute approximate surface area is 109 Å². The van der Waals surface area contributed by atoms with Gasteiger partial charge >= 0.3 is 6.03 Å². The number of benzene rings is 1. The maximum absolute atomic E-state index is 11.1. The third-order valence-electron chi connectivity index (χ3n) is 3.12. The first-order chi connectivity index (χ1) is 8.25. The van der Waals surface area contributed by atoms with Crippen molar-refractivity contribution in [1.29, 1.82) is 0 Å². The molecule has 0 spiro atoms. The molecule has 0 saturated heterocycles. The van der Waals surface area contributed by atoms with E-state index >= 15 is 0 Å². The number of carbonyl (C=O) groups is 1. The highest BCUT2D eigenvalue weighted by molar-refractivity contribution is 5.73. The standard InChI is InChI=1S/C14H23N3O/c1-9-6-11(14(3,4)5)7-10(2)12(9)8-16-13(18)17-15/h6-7H,8,15H2,1-5H3,(H2,16,17,18). The van der Waals surface area contributed by atoms with Gasteiger partial charge in [-0.3, -0.25) is 5.43 Å². The first-order valence-electron chi connectivity index (χ1n) is 6.10. The number of nitrogens with two attached hydrogens (primary N) is 1. The minimum Gasteiger partial charge on any atom is -0.333 e. The molecule has 0 heterocycles. The Morgan fingerprint density at radius 3 is 2.11 bits per heavy atom. The van der Waals surface area contributed by atoms with Crippen LogP contribution in [0, 0.1) is 13.8 Å². The smallest absolute Gasteiger partial charge is 0.329 e. The highest BCUT2D eigenvalue weighted by atomic mass is 16.2. The van der Waals surface area contributed by atoms with Crippen LogP contribution in [0.3, 0.4) is 0 Å². The van der Waals surface area contributed by atoms with Crippen LogP contribution in [0.1, 0.15) is 43.0 Å². The Hall–Kier alpha value is -1.55. The van der Waals surface area contributed by atoms with Crippen molar-refractivity contribution in [2.24, 2.45) is 5.84 Å². The highest BCUT2D eigenvalue weighted by Crippen LogP contribution is 2.26. The molecule has 4 N–H and O–H groups in total. The maximum Gasteiger partial charge on any atom is 0.329 e. The molecule has 1 aromatic rings. The zero-order chi connectivity index (χ0) is 13.9. The lowest BCUT2D eigenvalue weighted by Gasteiger charge is -2.22. The molecule has 0 aliphatic rings. The minimum absolute atomic E-state index is 0.135. The van der Waals surface area contributed by atoms with Crippen molar-refractivity contribution < 1.29 is 4.79 Å². The van der Waals surface area contributed by atoms with Crippen LogP contribution in [0.25, 0.3) is 0 Å². The quantitative estimate of drug-likeness (QED) is 0.427. The second-order valence-corrected chi connectivity index (χ2v) is 5.67. The first-order valence-corrected chi connectivity index (χ1v) is 6.10. The summed E-state index contributed by atoms with van der Waals surface area (Å²) >= 11 is 0. The van der Waals surface area contributed by atoms with Gasteiger partial charge in [0.25, 0.3) is 0 Å². The summed E-state index contributed by atoms with van der Waals surface area (Å²) in [7, 11) is 0. The summed E-state index contributed by atoms with van der Waals surface area (Å²) in [6.45, 7) is 11.2. The monoisotopic (exact) mass is 249 g/mol. The van der Waals surface area contributed by atoms with Gasteiger partial charge in [-0.05, 0) is 41.5 Å². The van der Waals surface area contributed by atoms with Gasteiger partial charge in [0.2, 0.25) is 0 Å². The zero-order valence-electron chi connectivity index (χ0n) is 11.8. The van der Waals surface area contributed by atoms with Gasteiger partial charge in [0.05, 0.1) is 0 Å². The predicted octanol–water partition coefficient (Wildman–Crippen LogP) is 2.27. The minimum atomic E-state index is -0.367. The topological polar surface area (TPSA) is 67.2 Å². The SMILES string of the molecule is Cc1cc(C(C)(C)C)cc(C)c1CNC(=O)NN. The van der Waals surface area contributed by atoms with E-state index in [-0.39, 0.29) is 11.4 Å². The average Bonchev–Trinajstić information content (AvgIpc) is 2.26. The van der Waals surface area contributed by atoms with Crippen molar-refractivity contribution in [2.75, 3.05) is 0 Å². The van der Waals surface area contributed by atoms with Gasteiger partial charge in [0.1, 0.15) is 0 Å². The maximum atomic E-state index is 11.1. The van der Waals surface area contributed by atoms with E-state index in [1.807, 2.05) is 0 Å². The highest BCUT2D eigenvalue weighted by Gasteiger charge is 2.16. The molecule has 0 fully saturated rings. The third-order valence-corrected chi connectivity index (χ3v) is 3.12. The van der Waals surface area contributed by atoms with Crippen LogP contribution in [-0.2, 0) is 12.0 Å². The van der Waals surface area contributed by atoms with Gasteiger partial charge in [-0.2, -0.15) is 0 Å². The lowest BCUT2D eigenvalue weighted by molar-refractivity contribution is 0.240. The Morgan fingerprint density at radius 2 is 1.72 bits per heavy atom. The van der Waals surface area contributed by atoms with Gasteiger partial charge in [0, 0.05) is 6.54 Å². The van der Waals surface area contributed by atoms with Gasteiger partial charge in [-0.25, -0.2) is 10.6 Å². The Bertz CT molecular complexity index is 424. The number of aryl methyl sites for hydroxylation is 2. The number of urea groups is 1. The summed E-state index contributed by atoms with van der Waals surface area (Å²) in [5.41, 5.74) is 7.03. The third kappa shape index (κ3) is 3.47. The molecule has 0 aliphatic heterocycles. The normalized spacial score (nSPS) is 11.2. The molecular weight excluding hydrogens is 226 g/mol.